The van der Waals surface area contributed by atoms with E-state index in [0.717, 1.165) is 10.8 Å². The predicted octanol–water partition coefficient (Wildman–Crippen LogP) is 5.64. The van der Waals surface area contributed by atoms with Gasteiger partial charge in [0.2, 0.25) is 0 Å². The van der Waals surface area contributed by atoms with Crippen LogP contribution in [0.5, 0.6) is 11.5 Å². The van der Waals surface area contributed by atoms with Gasteiger partial charge in [0, 0.05) is 0 Å². The predicted molar refractivity (Wildman–Crippen MR) is 133 cm³/mol. The lowest BCUT2D eigenvalue weighted by Crippen LogP contribution is -2.21. The third-order valence-corrected chi connectivity index (χ3v) is 6.32. The molecule has 0 aliphatic rings. The summed E-state index contributed by atoms with van der Waals surface area (Å²) in [7, 11) is 0. The van der Waals surface area contributed by atoms with Gasteiger partial charge < -0.3 is 19.0 Å². The normalized spacial score (nSPS) is 11.6. The van der Waals surface area contributed by atoms with Crippen molar-refractivity contribution in [1.82, 2.24) is 0 Å². The van der Waals surface area contributed by atoms with E-state index in [0.29, 0.717) is 16.3 Å². The van der Waals surface area contributed by atoms with E-state index in [1.54, 1.807) is 54.6 Å². The van der Waals surface area contributed by atoms with E-state index in [-0.39, 0.29) is 33.8 Å². The number of aromatic hydroxyl groups is 2. The molecule has 0 aliphatic heterocycles. The van der Waals surface area contributed by atoms with Crippen LogP contribution in [0.2, 0.25) is 0 Å². The summed E-state index contributed by atoms with van der Waals surface area (Å²) in [5, 5.41) is 25.0. The number of rotatable bonds is 3. The SMILES string of the molecule is O=c1oc2ccccc2c(O)c1C(c1ccc2ccccc2c1)c1c(O)c2ccccc2oc1=O. The molecule has 0 saturated heterocycles. The molecule has 4 aromatic carbocycles. The molecule has 2 aromatic heterocycles. The van der Waals surface area contributed by atoms with Gasteiger partial charge in [-0.1, -0.05) is 66.7 Å². The van der Waals surface area contributed by atoms with Gasteiger partial charge in [0.15, 0.2) is 0 Å². The standard InChI is InChI=1S/C29H18O6/c30-26-19-9-3-5-11-21(19)34-28(32)24(26)23(18-14-13-16-7-1-2-8-17(16)15-18)25-27(31)20-10-4-6-12-22(20)35-29(25)33/h1-15,23,30-31H. The Morgan fingerprint density at radius 3 is 1.63 bits per heavy atom. The third kappa shape index (κ3) is 3.27. The Kier molecular flexibility index (Phi) is 4.67. The molecule has 0 saturated carbocycles. The lowest BCUT2D eigenvalue weighted by Gasteiger charge is -2.20. The summed E-state index contributed by atoms with van der Waals surface area (Å²) in [4.78, 5) is 26.5. The van der Waals surface area contributed by atoms with Crippen LogP contribution in [0.15, 0.2) is 109 Å². The minimum Gasteiger partial charge on any atom is -0.507 e. The Hall–Kier alpha value is -4.84. The maximum atomic E-state index is 13.3. The summed E-state index contributed by atoms with van der Waals surface area (Å²) in [5.74, 6) is -1.79. The molecule has 0 amide bonds. The van der Waals surface area contributed by atoms with Gasteiger partial charge in [0.25, 0.3) is 0 Å². The number of hydrogen-bond acceptors (Lipinski definition) is 6. The maximum absolute atomic E-state index is 13.3. The van der Waals surface area contributed by atoms with Crippen molar-refractivity contribution >= 4 is 32.7 Å². The smallest absolute Gasteiger partial charge is 0.344 e. The molecule has 170 valence electrons. The van der Waals surface area contributed by atoms with Crippen LogP contribution in [0.25, 0.3) is 32.7 Å². The van der Waals surface area contributed by atoms with Gasteiger partial charge in [-0.05, 0) is 40.6 Å². The Morgan fingerprint density at radius 1 is 0.571 bits per heavy atom. The minimum absolute atomic E-state index is 0.156. The van der Waals surface area contributed by atoms with Crippen molar-refractivity contribution in [2.45, 2.75) is 5.92 Å². The van der Waals surface area contributed by atoms with E-state index in [1.807, 2.05) is 36.4 Å². The van der Waals surface area contributed by atoms with Gasteiger partial charge in [-0.15, -0.1) is 0 Å². The zero-order valence-corrected chi connectivity index (χ0v) is 18.3. The van der Waals surface area contributed by atoms with E-state index in [1.165, 1.54) is 0 Å². The maximum Gasteiger partial charge on any atom is 0.344 e. The van der Waals surface area contributed by atoms with Gasteiger partial charge in [0.1, 0.15) is 22.7 Å². The molecular weight excluding hydrogens is 444 g/mol. The fourth-order valence-corrected chi connectivity index (χ4v) is 4.67. The quantitative estimate of drug-likeness (QED) is 0.330. The first-order valence-electron chi connectivity index (χ1n) is 11.0. The van der Waals surface area contributed by atoms with Crippen molar-refractivity contribution in [3.63, 3.8) is 0 Å². The van der Waals surface area contributed by atoms with Crippen LogP contribution in [-0.4, -0.2) is 10.2 Å². The average Bonchev–Trinajstić information content (AvgIpc) is 2.87. The van der Waals surface area contributed by atoms with E-state index in [9.17, 15) is 19.8 Å². The molecule has 0 bridgehead atoms. The van der Waals surface area contributed by atoms with Gasteiger partial charge >= 0.3 is 11.3 Å². The molecule has 6 heteroatoms. The largest absolute Gasteiger partial charge is 0.507 e. The van der Waals surface area contributed by atoms with Crippen LogP contribution in [-0.2, 0) is 0 Å². The Labute approximate surface area is 197 Å². The average molecular weight is 462 g/mol. The highest BCUT2D eigenvalue weighted by Gasteiger charge is 2.32. The zero-order chi connectivity index (χ0) is 24.1. The Balaban J connectivity index is 1.74. The Morgan fingerprint density at radius 2 is 1.06 bits per heavy atom. The molecule has 0 fully saturated rings. The first-order chi connectivity index (χ1) is 17.0. The lowest BCUT2D eigenvalue weighted by atomic mass is 9.84. The van der Waals surface area contributed by atoms with E-state index < -0.39 is 17.2 Å². The molecular formula is C29H18O6. The van der Waals surface area contributed by atoms with Crippen molar-refractivity contribution < 1.29 is 19.0 Å². The molecule has 6 rings (SSSR count). The first kappa shape index (κ1) is 20.7. The molecule has 0 aliphatic carbocycles. The number of fused-ring (bicyclic) bond motifs is 3. The second-order valence-corrected chi connectivity index (χ2v) is 8.34. The number of para-hydroxylation sites is 2. The summed E-state index contributed by atoms with van der Waals surface area (Å²) >= 11 is 0. The van der Waals surface area contributed by atoms with Gasteiger partial charge in [-0.3, -0.25) is 0 Å². The zero-order valence-electron chi connectivity index (χ0n) is 18.3. The van der Waals surface area contributed by atoms with Gasteiger partial charge in [-0.2, -0.15) is 0 Å². The Bertz CT molecular complexity index is 1780. The van der Waals surface area contributed by atoms with Crippen LogP contribution >= 0.6 is 0 Å². The van der Waals surface area contributed by atoms with Gasteiger partial charge in [0.05, 0.1) is 27.8 Å². The molecule has 0 spiro atoms. The molecule has 6 nitrogen and oxygen atoms in total. The second kappa shape index (κ2) is 7.88. The van der Waals surface area contributed by atoms with Crippen molar-refractivity contribution in [3.8, 4) is 11.5 Å². The fraction of sp³-hybridized carbons (Fsp3) is 0.0345. The van der Waals surface area contributed by atoms with Crippen LogP contribution < -0.4 is 11.3 Å². The van der Waals surface area contributed by atoms with Gasteiger partial charge in [-0.25, -0.2) is 9.59 Å². The summed E-state index contributed by atoms with van der Waals surface area (Å²) in [6.45, 7) is 0. The highest BCUT2D eigenvalue weighted by atomic mass is 16.4. The fourth-order valence-electron chi connectivity index (χ4n) is 4.67. The van der Waals surface area contributed by atoms with Crippen LogP contribution in [0.4, 0.5) is 0 Å². The third-order valence-electron chi connectivity index (χ3n) is 6.32. The van der Waals surface area contributed by atoms with E-state index in [4.69, 9.17) is 8.83 Å². The minimum atomic E-state index is -1.15. The molecule has 35 heavy (non-hydrogen) atoms. The highest BCUT2D eigenvalue weighted by Crippen LogP contribution is 2.42. The molecule has 0 unspecified atom stereocenters. The topological polar surface area (TPSA) is 101 Å². The summed E-state index contributed by atoms with van der Waals surface area (Å²) in [5.41, 5.74) is -0.998. The number of hydrogen-bond donors (Lipinski definition) is 2. The lowest BCUT2D eigenvalue weighted by molar-refractivity contribution is 0.441. The van der Waals surface area contributed by atoms with Crippen LogP contribution in [0.1, 0.15) is 22.6 Å². The van der Waals surface area contributed by atoms with Crippen molar-refractivity contribution in [2.75, 3.05) is 0 Å². The van der Waals surface area contributed by atoms with Crippen molar-refractivity contribution in [3.05, 3.63) is 129 Å². The summed E-state index contributed by atoms with van der Waals surface area (Å²) < 4.78 is 11.0. The molecule has 0 atom stereocenters. The summed E-state index contributed by atoms with van der Waals surface area (Å²) in [6, 6.07) is 26.3. The van der Waals surface area contributed by atoms with Crippen molar-refractivity contribution in [1.29, 1.82) is 0 Å². The van der Waals surface area contributed by atoms with E-state index in [2.05, 4.69) is 0 Å². The number of benzene rings is 4. The molecule has 6 aromatic rings. The van der Waals surface area contributed by atoms with E-state index >= 15 is 0 Å². The monoisotopic (exact) mass is 462 g/mol. The van der Waals surface area contributed by atoms with Crippen LogP contribution in [0, 0.1) is 0 Å². The molecule has 0 radical (unpaired) electrons. The molecule has 2 heterocycles. The van der Waals surface area contributed by atoms with Crippen molar-refractivity contribution in [2.24, 2.45) is 0 Å². The molecule has 2 N–H and O–H groups in total. The van der Waals surface area contributed by atoms with Crippen LogP contribution in [0.3, 0.4) is 0 Å². The first-order valence-corrected chi connectivity index (χ1v) is 11.0. The second-order valence-electron chi connectivity index (χ2n) is 8.34. The summed E-state index contributed by atoms with van der Waals surface area (Å²) in [6.07, 6.45) is 0. The highest BCUT2D eigenvalue weighted by molar-refractivity contribution is 5.88.